The van der Waals surface area contributed by atoms with Crippen LogP contribution in [0.25, 0.3) is 0 Å². The van der Waals surface area contributed by atoms with Crippen LogP contribution in [0.1, 0.15) is 37.7 Å². The molecule has 0 N–H and O–H groups in total. The van der Waals surface area contributed by atoms with E-state index in [-0.39, 0.29) is 0 Å². The van der Waals surface area contributed by atoms with Crippen LogP contribution in [0.5, 0.6) is 0 Å². The lowest BCUT2D eigenvalue weighted by Crippen LogP contribution is -2.53. The zero-order valence-electron chi connectivity index (χ0n) is 17.0. The number of piperazine rings is 1. The number of halogens is 3. The van der Waals surface area contributed by atoms with Crippen LogP contribution < -0.4 is 4.90 Å². The Morgan fingerprint density at radius 2 is 1.69 bits per heavy atom. The Morgan fingerprint density at radius 1 is 0.931 bits per heavy atom. The molecule has 1 aromatic rings. The first-order valence-electron chi connectivity index (χ1n) is 11.0. The maximum atomic E-state index is 13.0. The van der Waals surface area contributed by atoms with Gasteiger partial charge in [-0.05, 0) is 63.4 Å². The monoisotopic (exact) mass is 411 g/mol. The van der Waals surface area contributed by atoms with Gasteiger partial charge in [-0.3, -0.25) is 4.90 Å². The van der Waals surface area contributed by atoms with Crippen molar-refractivity contribution in [1.82, 2.24) is 9.80 Å². The first-order chi connectivity index (χ1) is 14.0. The highest BCUT2D eigenvalue weighted by Crippen LogP contribution is 2.32. The molecule has 0 aliphatic carbocycles. The van der Waals surface area contributed by atoms with E-state index in [0.717, 1.165) is 58.5 Å². The molecule has 1 atom stereocenters. The summed E-state index contributed by atoms with van der Waals surface area (Å²) in [6, 6.07) is 6.32. The Bertz CT molecular complexity index is 647. The summed E-state index contributed by atoms with van der Waals surface area (Å²) < 4.78 is 44.8. The second-order valence-corrected chi connectivity index (χ2v) is 8.59. The number of hydrogen-bond donors (Lipinski definition) is 0. The van der Waals surface area contributed by atoms with Crippen molar-refractivity contribution in [3.63, 3.8) is 0 Å². The van der Waals surface area contributed by atoms with Gasteiger partial charge < -0.3 is 14.5 Å². The second kappa shape index (κ2) is 9.23. The number of ether oxygens (including phenoxy) is 1. The first kappa shape index (κ1) is 20.9. The van der Waals surface area contributed by atoms with E-state index in [4.69, 9.17) is 4.74 Å². The minimum Gasteiger partial charge on any atom is -0.377 e. The fourth-order valence-corrected chi connectivity index (χ4v) is 4.93. The predicted molar refractivity (Wildman–Crippen MR) is 108 cm³/mol. The normalized spacial score (nSPS) is 26.0. The lowest BCUT2D eigenvalue weighted by atomic mass is 10.0. The summed E-state index contributed by atoms with van der Waals surface area (Å²) in [5.41, 5.74) is 0.119. The van der Waals surface area contributed by atoms with Crippen LogP contribution in [0.15, 0.2) is 24.3 Å². The number of nitrogens with zero attached hydrogens (tertiary/aromatic N) is 3. The largest absolute Gasteiger partial charge is 0.416 e. The van der Waals surface area contributed by atoms with Crippen molar-refractivity contribution in [3.05, 3.63) is 29.8 Å². The van der Waals surface area contributed by atoms with Crippen LogP contribution in [-0.2, 0) is 10.9 Å². The lowest BCUT2D eigenvalue weighted by Gasteiger charge is -2.44. The van der Waals surface area contributed by atoms with Gasteiger partial charge in [0.1, 0.15) is 0 Å². The molecule has 4 nitrogen and oxygen atoms in total. The molecule has 3 aliphatic rings. The van der Waals surface area contributed by atoms with E-state index < -0.39 is 11.7 Å². The SMILES string of the molecule is FC(F)(F)c1cccc(N2CCN(C3CCN(C[C@@H]4CCCCO4)CC3)CC2)c1. The van der Waals surface area contributed by atoms with Crippen molar-refractivity contribution in [1.29, 1.82) is 0 Å². The molecular weight excluding hydrogens is 379 g/mol. The Balaban J connectivity index is 1.23. The molecule has 3 fully saturated rings. The smallest absolute Gasteiger partial charge is 0.377 e. The molecule has 0 spiro atoms. The summed E-state index contributed by atoms with van der Waals surface area (Å²) >= 11 is 0. The summed E-state index contributed by atoms with van der Waals surface area (Å²) in [5.74, 6) is 0. The molecule has 0 unspecified atom stereocenters. The van der Waals surface area contributed by atoms with Crippen LogP contribution in [0.4, 0.5) is 18.9 Å². The zero-order valence-corrected chi connectivity index (χ0v) is 17.0. The van der Waals surface area contributed by atoms with Gasteiger partial charge in [-0.25, -0.2) is 0 Å². The Kier molecular flexibility index (Phi) is 6.66. The second-order valence-electron chi connectivity index (χ2n) is 8.59. The first-order valence-corrected chi connectivity index (χ1v) is 11.0. The molecule has 0 saturated carbocycles. The molecule has 3 saturated heterocycles. The molecule has 0 amide bonds. The van der Waals surface area contributed by atoms with Gasteiger partial charge in [0.2, 0.25) is 0 Å². The topological polar surface area (TPSA) is 19.0 Å². The van der Waals surface area contributed by atoms with Gasteiger partial charge in [-0.1, -0.05) is 6.07 Å². The molecule has 0 radical (unpaired) electrons. The maximum Gasteiger partial charge on any atom is 0.416 e. The summed E-state index contributed by atoms with van der Waals surface area (Å²) in [5, 5.41) is 0. The fourth-order valence-electron chi connectivity index (χ4n) is 4.93. The molecular formula is C22H32F3N3O. The van der Waals surface area contributed by atoms with Gasteiger partial charge in [-0.15, -0.1) is 0 Å². The number of benzene rings is 1. The molecule has 0 aromatic heterocycles. The van der Waals surface area contributed by atoms with E-state index in [2.05, 4.69) is 14.7 Å². The molecule has 3 heterocycles. The highest BCUT2D eigenvalue weighted by molar-refractivity contribution is 5.49. The van der Waals surface area contributed by atoms with E-state index >= 15 is 0 Å². The fraction of sp³-hybridized carbons (Fsp3) is 0.727. The molecule has 0 bridgehead atoms. The van der Waals surface area contributed by atoms with Crippen LogP contribution in [0.3, 0.4) is 0 Å². The quantitative estimate of drug-likeness (QED) is 0.749. The third-order valence-corrected chi connectivity index (χ3v) is 6.66. The van der Waals surface area contributed by atoms with Gasteiger partial charge in [0.25, 0.3) is 0 Å². The van der Waals surface area contributed by atoms with Crippen molar-refractivity contribution >= 4 is 5.69 Å². The van der Waals surface area contributed by atoms with Crippen LogP contribution in [0.2, 0.25) is 0 Å². The maximum absolute atomic E-state index is 13.0. The molecule has 29 heavy (non-hydrogen) atoms. The molecule has 1 aromatic carbocycles. The summed E-state index contributed by atoms with van der Waals surface area (Å²) in [6.45, 7) is 7.65. The van der Waals surface area contributed by atoms with Crippen LogP contribution >= 0.6 is 0 Å². The number of piperidine rings is 1. The average molecular weight is 412 g/mol. The van der Waals surface area contributed by atoms with E-state index in [0.29, 0.717) is 17.8 Å². The Morgan fingerprint density at radius 3 is 2.34 bits per heavy atom. The third kappa shape index (κ3) is 5.44. The number of hydrogen-bond acceptors (Lipinski definition) is 4. The minimum atomic E-state index is -4.28. The number of rotatable bonds is 4. The van der Waals surface area contributed by atoms with Crippen LogP contribution in [0, 0.1) is 0 Å². The minimum absolute atomic E-state index is 0.413. The van der Waals surface area contributed by atoms with Gasteiger partial charge in [0, 0.05) is 51.1 Å². The Labute approximate surface area is 171 Å². The average Bonchev–Trinajstić information content (AvgIpc) is 2.75. The van der Waals surface area contributed by atoms with E-state index in [1.54, 1.807) is 6.07 Å². The molecule has 4 rings (SSSR count). The van der Waals surface area contributed by atoms with Crippen molar-refractivity contribution in [2.45, 2.75) is 50.4 Å². The number of anilines is 1. The van der Waals surface area contributed by atoms with Crippen LogP contribution in [-0.4, -0.2) is 74.4 Å². The van der Waals surface area contributed by atoms with Crippen molar-refractivity contribution in [2.75, 3.05) is 57.3 Å². The highest BCUT2D eigenvalue weighted by atomic mass is 19.4. The van der Waals surface area contributed by atoms with Crippen molar-refractivity contribution in [3.8, 4) is 0 Å². The zero-order chi connectivity index (χ0) is 20.3. The highest BCUT2D eigenvalue weighted by Gasteiger charge is 2.32. The van der Waals surface area contributed by atoms with E-state index in [9.17, 15) is 13.2 Å². The summed E-state index contributed by atoms with van der Waals surface area (Å²) in [7, 11) is 0. The molecule has 3 aliphatic heterocycles. The number of likely N-dealkylation sites (tertiary alicyclic amines) is 1. The van der Waals surface area contributed by atoms with Gasteiger partial charge >= 0.3 is 6.18 Å². The van der Waals surface area contributed by atoms with Gasteiger partial charge in [0.05, 0.1) is 11.7 Å². The van der Waals surface area contributed by atoms with Gasteiger partial charge in [-0.2, -0.15) is 13.2 Å². The summed E-state index contributed by atoms with van der Waals surface area (Å²) in [4.78, 5) is 7.17. The Hall–Kier alpha value is -1.31. The number of alkyl halides is 3. The van der Waals surface area contributed by atoms with E-state index in [1.807, 2.05) is 0 Å². The third-order valence-electron chi connectivity index (χ3n) is 6.66. The molecule has 162 valence electrons. The predicted octanol–water partition coefficient (Wildman–Crippen LogP) is 3.86. The van der Waals surface area contributed by atoms with Gasteiger partial charge in [0.15, 0.2) is 0 Å². The van der Waals surface area contributed by atoms with E-state index in [1.165, 1.54) is 44.2 Å². The molecule has 7 heteroatoms. The summed E-state index contributed by atoms with van der Waals surface area (Å²) in [6.07, 6.45) is 2.16. The standard InChI is InChI=1S/C22H32F3N3O/c23-22(24,25)18-4-3-5-20(16-18)28-13-11-27(12-14-28)19-7-9-26(10-8-19)17-21-6-1-2-15-29-21/h3-5,16,19,21H,1-2,6-15,17H2/t21-/m0/s1. The van der Waals surface area contributed by atoms with Crippen molar-refractivity contribution < 1.29 is 17.9 Å². The lowest BCUT2D eigenvalue weighted by molar-refractivity contribution is -0.137. The van der Waals surface area contributed by atoms with Crippen molar-refractivity contribution in [2.24, 2.45) is 0 Å².